The number of carbonyl (C=O) groups excluding carboxylic acids is 5. The van der Waals surface area contributed by atoms with Crippen LogP contribution >= 0.6 is 0 Å². The highest BCUT2D eigenvalue weighted by molar-refractivity contribution is 6.01. The van der Waals surface area contributed by atoms with Crippen LogP contribution in [0.15, 0.2) is 158 Å². The average molecular weight is 822 g/mol. The van der Waals surface area contributed by atoms with Crippen LogP contribution < -0.4 is 18.9 Å². The van der Waals surface area contributed by atoms with Crippen LogP contribution in [0, 0.1) is 0 Å². The van der Waals surface area contributed by atoms with Gasteiger partial charge in [-0.3, -0.25) is 4.99 Å². The summed E-state index contributed by atoms with van der Waals surface area (Å²) >= 11 is 0. The standard InChI is InChI=1S/C48H39NO12/c1-4-44(50)56-29-37(59-46(52)6-3)28-55-33-19-21-35(22-20-33)60-48(54)38-24-23-36(61-47(53)31-15-17-34(18-16-31)57-30-58-45(51)5-2)25-32(38)26-49-27-43-41-13-9-7-11-39(41)40-12-8-10-14-42(40)43/h4-26,37,43H,1-3,27-30H2. The molecule has 0 amide bonds. The van der Waals surface area contributed by atoms with E-state index >= 15 is 0 Å². The van der Waals surface area contributed by atoms with Gasteiger partial charge in [0.2, 0.25) is 6.79 Å². The molecule has 1 unspecified atom stereocenters. The van der Waals surface area contributed by atoms with Crippen molar-refractivity contribution in [2.75, 3.05) is 26.6 Å². The Hall–Kier alpha value is -8.06. The van der Waals surface area contributed by atoms with Gasteiger partial charge >= 0.3 is 29.8 Å². The van der Waals surface area contributed by atoms with E-state index in [1.54, 1.807) is 18.3 Å². The summed E-state index contributed by atoms with van der Waals surface area (Å²) in [7, 11) is 0. The Balaban J connectivity index is 1.17. The van der Waals surface area contributed by atoms with Crippen molar-refractivity contribution < 1.29 is 57.1 Å². The quantitative estimate of drug-likeness (QED) is 0.0200. The zero-order chi connectivity index (χ0) is 43.1. The van der Waals surface area contributed by atoms with Crippen LogP contribution in [0.25, 0.3) is 11.1 Å². The van der Waals surface area contributed by atoms with E-state index < -0.39 is 36.0 Å². The van der Waals surface area contributed by atoms with Crippen LogP contribution in [0.5, 0.6) is 23.0 Å². The van der Waals surface area contributed by atoms with Crippen molar-refractivity contribution in [1.29, 1.82) is 0 Å². The molecule has 0 heterocycles. The van der Waals surface area contributed by atoms with Gasteiger partial charge in [0.15, 0.2) is 6.10 Å². The highest BCUT2D eigenvalue weighted by Gasteiger charge is 2.27. The van der Waals surface area contributed by atoms with Crippen molar-refractivity contribution in [2.45, 2.75) is 12.0 Å². The van der Waals surface area contributed by atoms with Gasteiger partial charge in [0.1, 0.15) is 36.2 Å². The molecule has 6 rings (SSSR count). The smallest absolute Gasteiger partial charge is 0.344 e. The molecule has 0 aromatic heterocycles. The van der Waals surface area contributed by atoms with Gasteiger partial charge in [-0.05, 0) is 89.0 Å². The Morgan fingerprint density at radius 1 is 0.590 bits per heavy atom. The molecular formula is C48H39NO12. The fourth-order valence-electron chi connectivity index (χ4n) is 6.20. The third-order valence-corrected chi connectivity index (χ3v) is 9.12. The molecule has 0 saturated carbocycles. The Labute approximate surface area is 351 Å². The topological polar surface area (TPSA) is 162 Å². The zero-order valence-corrected chi connectivity index (χ0v) is 32.7. The van der Waals surface area contributed by atoms with Crippen molar-refractivity contribution in [3.63, 3.8) is 0 Å². The van der Waals surface area contributed by atoms with Crippen molar-refractivity contribution in [1.82, 2.24) is 0 Å². The van der Waals surface area contributed by atoms with Gasteiger partial charge in [0, 0.05) is 42.5 Å². The second-order valence-corrected chi connectivity index (χ2v) is 13.1. The maximum Gasteiger partial charge on any atom is 0.344 e. The van der Waals surface area contributed by atoms with E-state index in [2.05, 4.69) is 44.0 Å². The van der Waals surface area contributed by atoms with Gasteiger partial charge in [0.05, 0.1) is 11.1 Å². The normalized spacial score (nSPS) is 11.9. The number of aliphatic imine (C=N–C) groups is 1. The SMILES string of the molecule is C=CC(=O)OCOc1ccc(C(=O)Oc2ccc(C(=O)Oc3ccc(OCC(COC(=O)C=C)OC(=O)C=C)cc3)c(C=NCC3c4ccccc4-c4ccccc43)c2)cc1. The third kappa shape index (κ3) is 11.3. The lowest BCUT2D eigenvalue weighted by molar-refractivity contribution is -0.154. The third-order valence-electron chi connectivity index (χ3n) is 9.12. The molecule has 0 fully saturated rings. The molecule has 0 N–H and O–H groups in total. The van der Waals surface area contributed by atoms with Gasteiger partial charge in [-0.2, -0.15) is 0 Å². The summed E-state index contributed by atoms with van der Waals surface area (Å²) in [5.41, 5.74) is 5.29. The van der Waals surface area contributed by atoms with Crippen LogP contribution in [-0.4, -0.2) is 68.7 Å². The molecule has 0 spiro atoms. The monoisotopic (exact) mass is 821 g/mol. The summed E-state index contributed by atoms with van der Waals surface area (Å²) in [5.74, 6) is -2.41. The summed E-state index contributed by atoms with van der Waals surface area (Å²) in [4.78, 5) is 66.2. The minimum Gasteiger partial charge on any atom is -0.490 e. The molecule has 0 bridgehead atoms. The zero-order valence-electron chi connectivity index (χ0n) is 32.7. The highest BCUT2D eigenvalue weighted by Crippen LogP contribution is 2.44. The van der Waals surface area contributed by atoms with Gasteiger partial charge < -0.3 is 33.2 Å². The maximum atomic E-state index is 13.7. The predicted octanol–water partition coefficient (Wildman–Crippen LogP) is 7.63. The molecule has 0 aliphatic heterocycles. The minimum absolute atomic E-state index is 0.0201. The van der Waals surface area contributed by atoms with Gasteiger partial charge in [-0.1, -0.05) is 68.3 Å². The lowest BCUT2D eigenvalue weighted by Gasteiger charge is -2.17. The van der Waals surface area contributed by atoms with E-state index in [-0.39, 0.29) is 48.6 Å². The molecule has 61 heavy (non-hydrogen) atoms. The number of hydrogen-bond acceptors (Lipinski definition) is 13. The highest BCUT2D eigenvalue weighted by atomic mass is 16.7. The molecule has 13 heteroatoms. The lowest BCUT2D eigenvalue weighted by atomic mass is 9.97. The van der Waals surface area contributed by atoms with Crippen molar-refractivity contribution in [2.24, 2.45) is 4.99 Å². The second-order valence-electron chi connectivity index (χ2n) is 13.1. The minimum atomic E-state index is -0.936. The summed E-state index contributed by atoms with van der Waals surface area (Å²) in [6.45, 7) is 9.64. The molecule has 0 radical (unpaired) electrons. The number of rotatable bonds is 19. The van der Waals surface area contributed by atoms with E-state index in [1.165, 1.54) is 54.6 Å². The van der Waals surface area contributed by atoms with Crippen molar-refractivity contribution in [3.05, 3.63) is 181 Å². The largest absolute Gasteiger partial charge is 0.490 e. The first-order valence-electron chi connectivity index (χ1n) is 18.8. The molecule has 1 aliphatic rings. The Morgan fingerprint density at radius 2 is 1.15 bits per heavy atom. The van der Waals surface area contributed by atoms with Crippen LogP contribution in [0.3, 0.4) is 0 Å². The first-order chi connectivity index (χ1) is 29.6. The molecule has 5 aromatic rings. The number of esters is 5. The molecule has 13 nitrogen and oxygen atoms in total. The lowest BCUT2D eigenvalue weighted by Crippen LogP contribution is -2.30. The summed E-state index contributed by atoms with van der Waals surface area (Å²) in [5, 5.41) is 0. The van der Waals surface area contributed by atoms with Crippen LogP contribution in [-0.2, 0) is 28.6 Å². The molecule has 308 valence electrons. The first kappa shape index (κ1) is 42.5. The number of benzene rings is 5. The molecular weight excluding hydrogens is 783 g/mol. The second kappa shape index (κ2) is 20.6. The number of nitrogens with zero attached hydrogens (tertiary/aromatic N) is 1. The van der Waals surface area contributed by atoms with Gasteiger partial charge in [-0.15, -0.1) is 0 Å². The van der Waals surface area contributed by atoms with Crippen molar-refractivity contribution in [3.8, 4) is 34.1 Å². The van der Waals surface area contributed by atoms with E-state index in [0.717, 1.165) is 40.5 Å². The van der Waals surface area contributed by atoms with Gasteiger partial charge in [-0.25, -0.2) is 24.0 Å². The molecule has 5 aromatic carbocycles. The molecule has 1 aliphatic carbocycles. The van der Waals surface area contributed by atoms with Crippen LogP contribution in [0.1, 0.15) is 43.3 Å². The van der Waals surface area contributed by atoms with Crippen LogP contribution in [0.2, 0.25) is 0 Å². The van der Waals surface area contributed by atoms with E-state index in [9.17, 15) is 24.0 Å². The van der Waals surface area contributed by atoms with E-state index in [1.807, 2.05) is 24.3 Å². The fraction of sp³-hybridized carbons (Fsp3) is 0.125. The summed E-state index contributed by atoms with van der Waals surface area (Å²) in [6, 6.07) is 33.0. The predicted molar refractivity (Wildman–Crippen MR) is 224 cm³/mol. The number of ether oxygens (including phenoxy) is 7. The molecule has 0 saturated heterocycles. The summed E-state index contributed by atoms with van der Waals surface area (Å²) in [6.07, 6.45) is 3.60. The molecule has 1 atom stereocenters. The Kier molecular flexibility index (Phi) is 14.3. The Morgan fingerprint density at radius 3 is 1.80 bits per heavy atom. The number of fused-ring (bicyclic) bond motifs is 3. The van der Waals surface area contributed by atoms with E-state index in [0.29, 0.717) is 23.6 Å². The fourth-order valence-corrected chi connectivity index (χ4v) is 6.20. The number of hydrogen-bond donors (Lipinski definition) is 0. The van der Waals surface area contributed by atoms with Gasteiger partial charge in [0.25, 0.3) is 0 Å². The van der Waals surface area contributed by atoms with Crippen LogP contribution in [0.4, 0.5) is 0 Å². The first-order valence-corrected chi connectivity index (χ1v) is 18.8. The van der Waals surface area contributed by atoms with Crippen molar-refractivity contribution >= 4 is 36.1 Å². The summed E-state index contributed by atoms with van der Waals surface area (Å²) < 4.78 is 37.5. The van der Waals surface area contributed by atoms with E-state index in [4.69, 9.17) is 38.2 Å². The number of carbonyl (C=O) groups is 5. The Bertz CT molecular complexity index is 2430. The average Bonchev–Trinajstić information content (AvgIpc) is 3.60. The maximum absolute atomic E-state index is 13.7.